The quantitative estimate of drug-likeness (QED) is 0.355. The molecular weight excluding hydrogens is 304 g/mol. The molecule has 0 aliphatic carbocycles. The van der Waals surface area contributed by atoms with E-state index in [0.29, 0.717) is 0 Å². The van der Waals surface area contributed by atoms with Crippen molar-refractivity contribution in [3.05, 3.63) is 29.8 Å². The summed E-state index contributed by atoms with van der Waals surface area (Å²) < 4.78 is 26.8. The lowest BCUT2D eigenvalue weighted by Gasteiger charge is -2.05. The summed E-state index contributed by atoms with van der Waals surface area (Å²) in [6.45, 7) is 0. The lowest BCUT2D eigenvalue weighted by atomic mass is 10.3. The first kappa shape index (κ1) is 15.0. The SMILES string of the molecule is NNc1nnc(SCC(=O)Nc2ccc(F)c(F)c2)n1N. The molecule has 0 aliphatic rings. The van der Waals surface area contributed by atoms with Crippen molar-refractivity contribution in [2.45, 2.75) is 5.16 Å². The van der Waals surface area contributed by atoms with E-state index in [1.54, 1.807) is 0 Å². The van der Waals surface area contributed by atoms with Crippen LogP contribution >= 0.6 is 11.8 Å². The first-order chi connectivity index (χ1) is 10.0. The van der Waals surface area contributed by atoms with Crippen LogP contribution in [0.3, 0.4) is 0 Å². The average molecular weight is 315 g/mol. The van der Waals surface area contributed by atoms with Gasteiger partial charge in [-0.2, -0.15) is 0 Å². The second kappa shape index (κ2) is 6.37. The normalized spacial score (nSPS) is 10.4. The fourth-order valence-electron chi connectivity index (χ4n) is 1.37. The second-order valence-corrected chi connectivity index (χ2v) is 4.73. The van der Waals surface area contributed by atoms with Crippen LogP contribution in [-0.2, 0) is 4.79 Å². The number of hydrogen-bond acceptors (Lipinski definition) is 7. The van der Waals surface area contributed by atoms with Crippen LogP contribution in [0.25, 0.3) is 0 Å². The van der Waals surface area contributed by atoms with Crippen LogP contribution in [-0.4, -0.2) is 26.5 Å². The Morgan fingerprint density at radius 2 is 2.10 bits per heavy atom. The van der Waals surface area contributed by atoms with E-state index in [1.807, 2.05) is 0 Å². The van der Waals surface area contributed by atoms with Crippen LogP contribution in [0.4, 0.5) is 20.4 Å². The summed E-state index contributed by atoms with van der Waals surface area (Å²) in [5.74, 6) is 8.37. The highest BCUT2D eigenvalue weighted by Crippen LogP contribution is 2.17. The molecule has 0 radical (unpaired) electrons. The van der Waals surface area contributed by atoms with Crippen LogP contribution in [0.1, 0.15) is 0 Å². The van der Waals surface area contributed by atoms with Gasteiger partial charge in [-0.25, -0.2) is 19.3 Å². The maximum absolute atomic E-state index is 13.0. The molecule has 1 amide bonds. The first-order valence-corrected chi connectivity index (χ1v) is 6.54. The molecule has 0 unspecified atom stereocenters. The van der Waals surface area contributed by atoms with E-state index < -0.39 is 17.5 Å². The predicted molar refractivity (Wildman–Crippen MR) is 73.7 cm³/mol. The summed E-state index contributed by atoms with van der Waals surface area (Å²) in [4.78, 5) is 11.7. The van der Waals surface area contributed by atoms with Crippen molar-refractivity contribution < 1.29 is 13.6 Å². The third-order valence-corrected chi connectivity index (χ3v) is 3.27. The van der Waals surface area contributed by atoms with Crippen molar-refractivity contribution in [2.24, 2.45) is 5.84 Å². The van der Waals surface area contributed by atoms with Crippen LogP contribution in [0, 0.1) is 11.6 Å². The van der Waals surface area contributed by atoms with Gasteiger partial charge in [-0.1, -0.05) is 11.8 Å². The molecule has 21 heavy (non-hydrogen) atoms. The largest absolute Gasteiger partial charge is 0.334 e. The highest BCUT2D eigenvalue weighted by Gasteiger charge is 2.12. The van der Waals surface area contributed by atoms with E-state index in [9.17, 15) is 13.6 Å². The van der Waals surface area contributed by atoms with E-state index in [2.05, 4.69) is 20.9 Å². The minimum absolute atomic E-state index is 0.0428. The number of thioether (sulfide) groups is 1. The number of hydrogen-bond donors (Lipinski definition) is 4. The number of hydrazine groups is 1. The Hall–Kier alpha value is -2.40. The average Bonchev–Trinajstić information content (AvgIpc) is 2.81. The van der Waals surface area contributed by atoms with Crippen molar-refractivity contribution in [1.82, 2.24) is 14.9 Å². The van der Waals surface area contributed by atoms with Gasteiger partial charge in [0, 0.05) is 11.8 Å². The van der Waals surface area contributed by atoms with E-state index >= 15 is 0 Å². The van der Waals surface area contributed by atoms with Gasteiger partial charge in [-0.05, 0) is 12.1 Å². The number of benzene rings is 1. The number of anilines is 2. The van der Waals surface area contributed by atoms with E-state index in [-0.39, 0.29) is 22.5 Å². The summed E-state index contributed by atoms with van der Waals surface area (Å²) in [6.07, 6.45) is 0. The molecular formula is C10H11F2N7OS. The lowest BCUT2D eigenvalue weighted by Crippen LogP contribution is -2.19. The number of rotatable bonds is 5. The number of nitrogens with two attached hydrogens (primary N) is 2. The summed E-state index contributed by atoms with van der Waals surface area (Å²) >= 11 is 1.01. The number of carbonyl (C=O) groups is 1. The van der Waals surface area contributed by atoms with Gasteiger partial charge < -0.3 is 11.2 Å². The molecule has 0 saturated heterocycles. The summed E-state index contributed by atoms with van der Waals surface area (Å²) in [6, 6.07) is 3.07. The zero-order chi connectivity index (χ0) is 15.4. The van der Waals surface area contributed by atoms with Gasteiger partial charge in [-0.3, -0.25) is 10.2 Å². The van der Waals surface area contributed by atoms with Gasteiger partial charge in [0.1, 0.15) is 0 Å². The highest BCUT2D eigenvalue weighted by atomic mass is 32.2. The summed E-state index contributed by atoms with van der Waals surface area (Å²) in [7, 11) is 0. The molecule has 0 fully saturated rings. The molecule has 2 rings (SSSR count). The zero-order valence-corrected chi connectivity index (χ0v) is 11.3. The van der Waals surface area contributed by atoms with Gasteiger partial charge in [0.05, 0.1) is 5.75 Å². The Balaban J connectivity index is 1.92. The lowest BCUT2D eigenvalue weighted by molar-refractivity contribution is -0.113. The topological polar surface area (TPSA) is 124 Å². The Morgan fingerprint density at radius 3 is 2.71 bits per heavy atom. The Labute approximate surface area is 121 Å². The molecule has 2 aromatic rings. The van der Waals surface area contributed by atoms with E-state index in [4.69, 9.17) is 11.7 Å². The number of halogens is 2. The highest BCUT2D eigenvalue weighted by molar-refractivity contribution is 7.99. The minimum atomic E-state index is -1.04. The molecule has 1 aromatic heterocycles. The summed E-state index contributed by atoms with van der Waals surface area (Å²) in [5, 5.41) is 10.0. The van der Waals surface area contributed by atoms with Gasteiger partial charge in [0.2, 0.25) is 11.1 Å². The molecule has 8 nitrogen and oxygen atoms in total. The molecule has 0 aliphatic heterocycles. The third-order valence-electron chi connectivity index (χ3n) is 2.33. The van der Waals surface area contributed by atoms with Crippen LogP contribution < -0.4 is 22.4 Å². The minimum Gasteiger partial charge on any atom is -0.334 e. The number of amides is 1. The maximum Gasteiger partial charge on any atom is 0.258 e. The molecule has 0 saturated carbocycles. The van der Waals surface area contributed by atoms with Crippen molar-refractivity contribution in [2.75, 3.05) is 22.3 Å². The van der Waals surface area contributed by atoms with Gasteiger partial charge in [-0.15, -0.1) is 10.2 Å². The molecule has 6 N–H and O–H groups in total. The molecule has 0 bridgehead atoms. The number of nitrogens with one attached hydrogen (secondary N) is 2. The number of carbonyl (C=O) groups excluding carboxylic acids is 1. The van der Waals surface area contributed by atoms with Crippen molar-refractivity contribution in [3.63, 3.8) is 0 Å². The number of nitrogens with zero attached hydrogens (tertiary/aromatic N) is 3. The predicted octanol–water partition coefficient (Wildman–Crippen LogP) is 0.286. The van der Waals surface area contributed by atoms with Crippen LogP contribution in [0.5, 0.6) is 0 Å². The monoisotopic (exact) mass is 315 g/mol. The molecule has 1 heterocycles. The zero-order valence-electron chi connectivity index (χ0n) is 10.5. The van der Waals surface area contributed by atoms with E-state index in [0.717, 1.165) is 28.6 Å². The number of nitrogen functional groups attached to an aromatic ring is 2. The fraction of sp³-hybridized carbons (Fsp3) is 0.100. The van der Waals surface area contributed by atoms with Crippen LogP contribution in [0.2, 0.25) is 0 Å². The van der Waals surface area contributed by atoms with Crippen molar-refractivity contribution in [3.8, 4) is 0 Å². The maximum atomic E-state index is 13.0. The Morgan fingerprint density at radius 1 is 1.33 bits per heavy atom. The molecule has 112 valence electrons. The third kappa shape index (κ3) is 3.58. The van der Waals surface area contributed by atoms with Gasteiger partial charge >= 0.3 is 0 Å². The summed E-state index contributed by atoms with van der Waals surface area (Å²) in [5.41, 5.74) is 2.38. The first-order valence-electron chi connectivity index (χ1n) is 5.56. The van der Waals surface area contributed by atoms with Gasteiger partial charge in [0.25, 0.3) is 5.95 Å². The molecule has 11 heteroatoms. The van der Waals surface area contributed by atoms with Crippen LogP contribution in [0.15, 0.2) is 23.4 Å². The van der Waals surface area contributed by atoms with E-state index in [1.165, 1.54) is 6.07 Å². The van der Waals surface area contributed by atoms with Crippen molar-refractivity contribution in [1.29, 1.82) is 0 Å². The Bertz CT molecular complexity index is 663. The fourth-order valence-corrected chi connectivity index (χ4v) is 2.03. The Kier molecular flexibility index (Phi) is 4.55. The van der Waals surface area contributed by atoms with Gasteiger partial charge in [0.15, 0.2) is 11.6 Å². The van der Waals surface area contributed by atoms with Crippen molar-refractivity contribution >= 4 is 29.3 Å². The molecule has 1 aromatic carbocycles. The molecule has 0 atom stereocenters. The molecule has 0 spiro atoms. The number of aromatic nitrogens is 3. The smallest absolute Gasteiger partial charge is 0.258 e. The second-order valence-electron chi connectivity index (χ2n) is 3.79. The standard InChI is InChI=1S/C10H11F2N7OS/c11-6-2-1-5(3-7(6)12)15-8(20)4-21-10-18-17-9(16-13)19(10)14/h1-3H,4,13-14H2,(H,15,20)(H,16,17).